The maximum atomic E-state index is 12.5. The molecule has 0 amide bonds. The van der Waals surface area contributed by atoms with E-state index in [4.69, 9.17) is 5.73 Å². The Kier molecular flexibility index (Phi) is 4.01. The summed E-state index contributed by atoms with van der Waals surface area (Å²) in [5, 5.41) is 0. The summed E-state index contributed by atoms with van der Waals surface area (Å²) < 4.78 is 28.1. The average molecular weight is 356 g/mol. The zero-order chi connectivity index (χ0) is 14.9. The molecule has 5 nitrogen and oxygen atoms in total. The number of hydrogen-bond acceptors (Lipinski definition) is 4. The Morgan fingerprint density at radius 1 is 1.25 bits per heavy atom. The number of nitrogen functional groups attached to an aromatic ring is 1. The molecular weight excluding hydrogens is 342 g/mol. The smallest absolute Gasteiger partial charge is 0.264 e. The van der Waals surface area contributed by atoms with Crippen LogP contribution in [0.15, 0.2) is 40.0 Å². The Bertz CT molecular complexity index is 760. The molecule has 0 aliphatic carbocycles. The minimum Gasteiger partial charge on any atom is -0.398 e. The number of nitrogens with two attached hydrogens (primary N) is 1. The number of nitrogens with zero attached hydrogens (tertiary/aromatic N) is 1. The minimum absolute atomic E-state index is 0.112. The van der Waals surface area contributed by atoms with Crippen molar-refractivity contribution in [3.05, 3.63) is 46.2 Å². The maximum absolute atomic E-state index is 12.5. The quantitative estimate of drug-likeness (QED) is 0.829. The largest absolute Gasteiger partial charge is 0.398 e. The van der Waals surface area contributed by atoms with Gasteiger partial charge in [0.1, 0.15) is 4.90 Å². The van der Waals surface area contributed by atoms with Crippen molar-refractivity contribution in [2.24, 2.45) is 0 Å². The van der Waals surface area contributed by atoms with E-state index >= 15 is 0 Å². The lowest BCUT2D eigenvalue weighted by Crippen LogP contribution is -2.17. The highest BCUT2D eigenvalue weighted by molar-refractivity contribution is 9.10. The van der Waals surface area contributed by atoms with Gasteiger partial charge in [0, 0.05) is 12.4 Å². The lowest BCUT2D eigenvalue weighted by Gasteiger charge is -2.14. The van der Waals surface area contributed by atoms with Crippen molar-refractivity contribution in [2.45, 2.75) is 18.7 Å². The molecule has 1 heterocycles. The SMILES string of the molecule is Cc1ccc(N)c(S(=O)(=O)Nc2ccncc2Br)c1C. The molecule has 0 aliphatic heterocycles. The minimum atomic E-state index is -3.75. The van der Waals surface area contributed by atoms with E-state index in [0.717, 1.165) is 5.56 Å². The van der Waals surface area contributed by atoms with E-state index in [1.807, 2.05) is 6.92 Å². The lowest BCUT2D eigenvalue weighted by atomic mass is 10.1. The molecule has 1 aromatic heterocycles. The molecule has 0 spiro atoms. The van der Waals surface area contributed by atoms with E-state index in [1.54, 1.807) is 25.1 Å². The Morgan fingerprint density at radius 2 is 1.95 bits per heavy atom. The monoisotopic (exact) mass is 355 g/mol. The van der Waals surface area contributed by atoms with Gasteiger partial charge >= 0.3 is 0 Å². The van der Waals surface area contributed by atoms with Crippen LogP contribution in [0.5, 0.6) is 0 Å². The molecule has 0 fully saturated rings. The summed E-state index contributed by atoms with van der Waals surface area (Å²) in [6, 6.07) is 4.97. The molecule has 7 heteroatoms. The maximum Gasteiger partial charge on any atom is 0.264 e. The molecule has 0 saturated carbocycles. The zero-order valence-corrected chi connectivity index (χ0v) is 13.4. The van der Waals surface area contributed by atoms with Crippen molar-refractivity contribution in [3.8, 4) is 0 Å². The van der Waals surface area contributed by atoms with Crippen LogP contribution in [0.1, 0.15) is 11.1 Å². The van der Waals surface area contributed by atoms with Crippen LogP contribution in [0.4, 0.5) is 11.4 Å². The van der Waals surface area contributed by atoms with Crippen LogP contribution in [0, 0.1) is 13.8 Å². The normalized spacial score (nSPS) is 11.3. The van der Waals surface area contributed by atoms with Crippen molar-refractivity contribution < 1.29 is 8.42 Å². The predicted molar refractivity (Wildman–Crippen MR) is 83.1 cm³/mol. The molecule has 0 atom stereocenters. The lowest BCUT2D eigenvalue weighted by molar-refractivity contribution is 0.601. The molecule has 0 bridgehead atoms. The second kappa shape index (κ2) is 5.41. The number of rotatable bonds is 3. The van der Waals surface area contributed by atoms with E-state index in [2.05, 4.69) is 25.6 Å². The number of benzene rings is 1. The molecule has 20 heavy (non-hydrogen) atoms. The fourth-order valence-electron chi connectivity index (χ4n) is 1.82. The zero-order valence-electron chi connectivity index (χ0n) is 11.0. The second-order valence-electron chi connectivity index (χ2n) is 4.39. The second-order valence-corrected chi connectivity index (χ2v) is 6.86. The highest BCUT2D eigenvalue weighted by Crippen LogP contribution is 2.29. The molecule has 0 aliphatic rings. The van der Waals surface area contributed by atoms with E-state index < -0.39 is 10.0 Å². The number of hydrogen-bond donors (Lipinski definition) is 2. The van der Waals surface area contributed by atoms with Gasteiger partial charge in [-0.05, 0) is 53.0 Å². The van der Waals surface area contributed by atoms with E-state index in [-0.39, 0.29) is 10.6 Å². The first-order valence-electron chi connectivity index (χ1n) is 5.81. The molecular formula is C13H14BrN3O2S. The standard InChI is InChI=1S/C13H14BrN3O2S/c1-8-3-4-11(15)13(9(8)2)20(18,19)17-12-5-6-16-7-10(12)14/h3-7H,15H2,1-2H3,(H,16,17). The van der Waals surface area contributed by atoms with Crippen LogP contribution in [0.25, 0.3) is 0 Å². The average Bonchev–Trinajstić information content (AvgIpc) is 2.37. The van der Waals surface area contributed by atoms with Gasteiger partial charge in [-0.2, -0.15) is 0 Å². The van der Waals surface area contributed by atoms with Crippen molar-refractivity contribution in [1.29, 1.82) is 0 Å². The topological polar surface area (TPSA) is 85.1 Å². The van der Waals surface area contributed by atoms with Crippen molar-refractivity contribution in [3.63, 3.8) is 0 Å². The molecule has 3 N–H and O–H groups in total. The third-order valence-corrected chi connectivity index (χ3v) is 5.19. The summed E-state index contributed by atoms with van der Waals surface area (Å²) in [7, 11) is -3.75. The Labute approximate surface area is 126 Å². The van der Waals surface area contributed by atoms with Crippen molar-refractivity contribution in [1.82, 2.24) is 4.98 Å². The van der Waals surface area contributed by atoms with Gasteiger partial charge in [-0.25, -0.2) is 8.42 Å². The first-order valence-corrected chi connectivity index (χ1v) is 8.08. The van der Waals surface area contributed by atoms with E-state index in [0.29, 0.717) is 15.7 Å². The molecule has 0 saturated heterocycles. The summed E-state index contributed by atoms with van der Waals surface area (Å²) in [5.41, 5.74) is 7.98. The number of aryl methyl sites for hydroxylation is 1. The molecule has 0 unspecified atom stereocenters. The van der Waals surface area contributed by atoms with Crippen molar-refractivity contribution in [2.75, 3.05) is 10.5 Å². The summed E-state index contributed by atoms with van der Waals surface area (Å²) in [5.74, 6) is 0. The highest BCUT2D eigenvalue weighted by atomic mass is 79.9. The van der Waals surface area contributed by atoms with Crippen LogP contribution < -0.4 is 10.5 Å². The van der Waals surface area contributed by atoms with Gasteiger partial charge in [0.25, 0.3) is 10.0 Å². The Morgan fingerprint density at radius 3 is 2.60 bits per heavy atom. The summed E-state index contributed by atoms with van der Waals surface area (Å²) in [6.07, 6.45) is 3.03. The van der Waals surface area contributed by atoms with Gasteiger partial charge in [-0.1, -0.05) is 6.07 Å². The number of halogens is 1. The number of nitrogens with one attached hydrogen (secondary N) is 1. The van der Waals surface area contributed by atoms with Crippen LogP contribution in [-0.2, 0) is 10.0 Å². The summed E-state index contributed by atoms with van der Waals surface area (Å²) in [4.78, 5) is 4.00. The van der Waals surface area contributed by atoms with Gasteiger partial charge in [0.05, 0.1) is 15.8 Å². The first kappa shape index (κ1) is 14.8. The van der Waals surface area contributed by atoms with Gasteiger partial charge in [-0.3, -0.25) is 9.71 Å². The third-order valence-electron chi connectivity index (χ3n) is 2.99. The van der Waals surface area contributed by atoms with E-state index in [1.165, 1.54) is 12.4 Å². The van der Waals surface area contributed by atoms with Crippen LogP contribution in [0.2, 0.25) is 0 Å². The third kappa shape index (κ3) is 2.78. The first-order chi connectivity index (χ1) is 9.33. The Hall–Kier alpha value is -1.60. The number of sulfonamides is 1. The predicted octanol–water partition coefficient (Wildman–Crippen LogP) is 2.84. The molecule has 106 valence electrons. The fraction of sp³-hybridized carbons (Fsp3) is 0.154. The van der Waals surface area contributed by atoms with Gasteiger partial charge < -0.3 is 5.73 Å². The summed E-state index contributed by atoms with van der Waals surface area (Å²) >= 11 is 3.25. The molecule has 1 aromatic carbocycles. The van der Waals surface area contributed by atoms with Crippen molar-refractivity contribution >= 4 is 37.3 Å². The van der Waals surface area contributed by atoms with Crippen LogP contribution in [0.3, 0.4) is 0 Å². The highest BCUT2D eigenvalue weighted by Gasteiger charge is 2.22. The molecule has 0 radical (unpaired) electrons. The number of pyridine rings is 1. The number of aromatic nitrogens is 1. The fourth-order valence-corrected chi connectivity index (χ4v) is 3.81. The molecule has 2 rings (SSSR count). The van der Waals surface area contributed by atoms with Gasteiger partial charge in [-0.15, -0.1) is 0 Å². The summed E-state index contributed by atoms with van der Waals surface area (Å²) in [6.45, 7) is 3.58. The Balaban J connectivity index is 2.52. The van der Waals surface area contributed by atoms with Crippen LogP contribution >= 0.6 is 15.9 Å². The van der Waals surface area contributed by atoms with Crippen LogP contribution in [-0.4, -0.2) is 13.4 Å². The molecule has 2 aromatic rings. The van der Waals surface area contributed by atoms with E-state index in [9.17, 15) is 8.42 Å². The van der Waals surface area contributed by atoms with Gasteiger partial charge in [0.15, 0.2) is 0 Å². The van der Waals surface area contributed by atoms with Gasteiger partial charge in [0.2, 0.25) is 0 Å². The number of anilines is 2.